The van der Waals surface area contributed by atoms with E-state index in [1.165, 1.54) is 0 Å². The van der Waals surface area contributed by atoms with E-state index in [1.807, 2.05) is 37.1 Å². The molecule has 0 spiro atoms. The van der Waals surface area contributed by atoms with Gasteiger partial charge >= 0.3 is 0 Å². The lowest BCUT2D eigenvalue weighted by molar-refractivity contribution is 0.655. The molecular formula is C14H20N4O. The molecule has 0 saturated heterocycles. The summed E-state index contributed by atoms with van der Waals surface area (Å²) >= 11 is 0. The lowest BCUT2D eigenvalue weighted by Gasteiger charge is -2.09. The predicted octanol–water partition coefficient (Wildman–Crippen LogP) is 1.91. The van der Waals surface area contributed by atoms with Crippen molar-refractivity contribution in [2.24, 2.45) is 7.05 Å². The van der Waals surface area contributed by atoms with Gasteiger partial charge in [0.15, 0.2) is 0 Å². The Morgan fingerprint density at radius 1 is 1.37 bits per heavy atom. The molecule has 1 N–H and O–H groups in total. The molecule has 0 aliphatic rings. The quantitative estimate of drug-likeness (QED) is 0.893. The van der Waals surface area contributed by atoms with Gasteiger partial charge in [0.2, 0.25) is 0 Å². The van der Waals surface area contributed by atoms with Crippen LogP contribution in [0.4, 0.5) is 5.69 Å². The van der Waals surface area contributed by atoms with Crippen LogP contribution in [0.25, 0.3) is 0 Å². The van der Waals surface area contributed by atoms with Crippen LogP contribution in [0.5, 0.6) is 0 Å². The average Bonchev–Trinajstić information content (AvgIpc) is 2.71. The highest BCUT2D eigenvalue weighted by molar-refractivity contribution is 5.41. The summed E-state index contributed by atoms with van der Waals surface area (Å²) in [6, 6.07) is 3.42. The van der Waals surface area contributed by atoms with E-state index in [2.05, 4.69) is 17.3 Å². The Morgan fingerprint density at radius 3 is 2.79 bits per heavy atom. The molecule has 2 heterocycles. The number of rotatable bonds is 5. The SMILES string of the molecule is CCCn1cc(NCc2cnn(C)c2C)ccc1=O. The van der Waals surface area contributed by atoms with Crippen molar-refractivity contribution in [2.45, 2.75) is 33.4 Å². The Bertz CT molecular complexity index is 612. The minimum atomic E-state index is 0.0463. The van der Waals surface area contributed by atoms with Crippen molar-refractivity contribution in [3.05, 3.63) is 46.1 Å². The van der Waals surface area contributed by atoms with Gasteiger partial charge in [0.25, 0.3) is 5.56 Å². The molecule has 0 radical (unpaired) electrons. The van der Waals surface area contributed by atoms with E-state index < -0.39 is 0 Å². The molecule has 0 saturated carbocycles. The summed E-state index contributed by atoms with van der Waals surface area (Å²) in [4.78, 5) is 11.6. The molecule has 0 unspecified atom stereocenters. The molecular weight excluding hydrogens is 240 g/mol. The van der Waals surface area contributed by atoms with Crippen LogP contribution < -0.4 is 10.9 Å². The van der Waals surface area contributed by atoms with Crippen LogP contribution in [0.2, 0.25) is 0 Å². The minimum Gasteiger partial charge on any atom is -0.380 e. The number of pyridine rings is 1. The van der Waals surface area contributed by atoms with Gasteiger partial charge in [-0.25, -0.2) is 0 Å². The van der Waals surface area contributed by atoms with Crippen LogP contribution in [0.1, 0.15) is 24.6 Å². The van der Waals surface area contributed by atoms with Crippen LogP contribution in [0, 0.1) is 6.92 Å². The third-order valence-electron chi connectivity index (χ3n) is 3.27. The molecule has 0 aromatic carbocycles. The van der Waals surface area contributed by atoms with Crippen molar-refractivity contribution in [2.75, 3.05) is 5.32 Å². The molecule has 19 heavy (non-hydrogen) atoms. The maximum Gasteiger partial charge on any atom is 0.250 e. The predicted molar refractivity (Wildman–Crippen MR) is 76.3 cm³/mol. The molecule has 2 aromatic heterocycles. The van der Waals surface area contributed by atoms with Crippen LogP contribution in [0.3, 0.4) is 0 Å². The molecule has 102 valence electrons. The molecule has 0 bridgehead atoms. The topological polar surface area (TPSA) is 51.9 Å². The molecule has 0 amide bonds. The summed E-state index contributed by atoms with van der Waals surface area (Å²) in [5, 5.41) is 7.54. The van der Waals surface area contributed by atoms with E-state index in [-0.39, 0.29) is 5.56 Å². The third-order valence-corrected chi connectivity index (χ3v) is 3.27. The van der Waals surface area contributed by atoms with Gasteiger partial charge in [-0.1, -0.05) is 6.92 Å². The van der Waals surface area contributed by atoms with Crippen LogP contribution in [0.15, 0.2) is 29.3 Å². The van der Waals surface area contributed by atoms with E-state index >= 15 is 0 Å². The average molecular weight is 260 g/mol. The number of nitrogens with one attached hydrogen (secondary N) is 1. The van der Waals surface area contributed by atoms with Gasteiger partial charge in [-0.05, 0) is 19.4 Å². The number of anilines is 1. The summed E-state index contributed by atoms with van der Waals surface area (Å²) in [6.45, 7) is 5.57. The first-order valence-electron chi connectivity index (χ1n) is 6.53. The van der Waals surface area contributed by atoms with E-state index in [9.17, 15) is 4.79 Å². The van der Waals surface area contributed by atoms with Crippen molar-refractivity contribution in [1.29, 1.82) is 0 Å². The van der Waals surface area contributed by atoms with Crippen molar-refractivity contribution < 1.29 is 0 Å². The highest BCUT2D eigenvalue weighted by atomic mass is 16.1. The normalized spacial score (nSPS) is 10.7. The Kier molecular flexibility index (Phi) is 4.04. The molecule has 0 atom stereocenters. The first kappa shape index (κ1) is 13.4. The summed E-state index contributed by atoms with van der Waals surface area (Å²) in [6.07, 6.45) is 4.69. The third kappa shape index (κ3) is 3.05. The Balaban J connectivity index is 2.09. The lowest BCUT2D eigenvalue weighted by Crippen LogP contribution is -2.18. The van der Waals surface area contributed by atoms with Crippen molar-refractivity contribution in [3.8, 4) is 0 Å². The number of aromatic nitrogens is 3. The van der Waals surface area contributed by atoms with Gasteiger partial charge in [-0.15, -0.1) is 0 Å². The first-order valence-corrected chi connectivity index (χ1v) is 6.53. The molecule has 5 nitrogen and oxygen atoms in total. The van der Waals surface area contributed by atoms with Gasteiger partial charge in [-0.3, -0.25) is 9.48 Å². The number of hydrogen-bond acceptors (Lipinski definition) is 3. The van der Waals surface area contributed by atoms with Crippen LogP contribution >= 0.6 is 0 Å². The smallest absolute Gasteiger partial charge is 0.250 e. The zero-order valence-corrected chi connectivity index (χ0v) is 11.7. The highest BCUT2D eigenvalue weighted by Crippen LogP contribution is 2.10. The molecule has 0 aliphatic heterocycles. The van der Waals surface area contributed by atoms with Crippen LogP contribution in [-0.2, 0) is 20.1 Å². The van der Waals surface area contributed by atoms with E-state index in [0.29, 0.717) is 6.54 Å². The van der Waals surface area contributed by atoms with Crippen molar-refractivity contribution >= 4 is 5.69 Å². The number of aryl methyl sites for hydroxylation is 2. The molecule has 0 fully saturated rings. The van der Waals surface area contributed by atoms with Gasteiger partial charge in [0.1, 0.15) is 0 Å². The zero-order valence-electron chi connectivity index (χ0n) is 11.7. The summed E-state index contributed by atoms with van der Waals surface area (Å²) in [5.41, 5.74) is 3.31. The monoisotopic (exact) mass is 260 g/mol. The largest absolute Gasteiger partial charge is 0.380 e. The standard InChI is InChI=1S/C14H20N4O/c1-4-7-18-10-13(5-6-14(18)19)15-8-12-9-16-17(3)11(12)2/h5-6,9-10,15H,4,7-8H2,1-3H3. The molecule has 0 aliphatic carbocycles. The fraction of sp³-hybridized carbons (Fsp3) is 0.429. The molecule has 2 aromatic rings. The highest BCUT2D eigenvalue weighted by Gasteiger charge is 2.04. The fourth-order valence-electron chi connectivity index (χ4n) is 1.97. The van der Waals surface area contributed by atoms with E-state index in [4.69, 9.17) is 0 Å². The number of nitrogens with zero attached hydrogens (tertiary/aromatic N) is 3. The minimum absolute atomic E-state index is 0.0463. The van der Waals surface area contributed by atoms with Gasteiger partial charge in [0, 0.05) is 43.7 Å². The Hall–Kier alpha value is -2.04. The maximum atomic E-state index is 11.6. The Morgan fingerprint density at radius 2 is 2.16 bits per heavy atom. The second-order valence-corrected chi connectivity index (χ2v) is 4.68. The van der Waals surface area contributed by atoms with E-state index in [1.54, 1.807) is 10.6 Å². The van der Waals surface area contributed by atoms with Crippen molar-refractivity contribution in [3.63, 3.8) is 0 Å². The second-order valence-electron chi connectivity index (χ2n) is 4.68. The van der Waals surface area contributed by atoms with Crippen molar-refractivity contribution in [1.82, 2.24) is 14.3 Å². The second kappa shape index (κ2) is 5.73. The fourth-order valence-corrected chi connectivity index (χ4v) is 1.97. The lowest BCUT2D eigenvalue weighted by atomic mass is 10.2. The Labute approximate surface area is 112 Å². The molecule has 5 heteroatoms. The van der Waals surface area contributed by atoms with Gasteiger partial charge in [-0.2, -0.15) is 5.10 Å². The summed E-state index contributed by atoms with van der Waals surface area (Å²) in [5.74, 6) is 0. The van der Waals surface area contributed by atoms with E-state index in [0.717, 1.165) is 29.9 Å². The van der Waals surface area contributed by atoms with Gasteiger partial charge < -0.3 is 9.88 Å². The molecule has 2 rings (SSSR count). The summed E-state index contributed by atoms with van der Waals surface area (Å²) < 4.78 is 3.59. The first-order chi connectivity index (χ1) is 9.11. The maximum absolute atomic E-state index is 11.6. The van der Waals surface area contributed by atoms with Crippen LogP contribution in [-0.4, -0.2) is 14.3 Å². The number of hydrogen-bond donors (Lipinski definition) is 1. The zero-order chi connectivity index (χ0) is 13.8. The van der Waals surface area contributed by atoms with Gasteiger partial charge in [0.05, 0.1) is 11.9 Å². The summed E-state index contributed by atoms with van der Waals surface area (Å²) in [7, 11) is 1.93.